The number of likely N-dealkylation sites (tertiary alicyclic amines) is 2. The summed E-state index contributed by atoms with van der Waals surface area (Å²) in [5.74, 6) is 0.561. The normalized spacial score (nSPS) is 28.2. The van der Waals surface area contributed by atoms with Gasteiger partial charge in [0.1, 0.15) is 0 Å². The Labute approximate surface area is 126 Å². The number of hydrogen-bond donors (Lipinski definition) is 0. The zero-order chi connectivity index (χ0) is 14.2. The van der Waals surface area contributed by atoms with Crippen molar-refractivity contribution in [3.63, 3.8) is 0 Å². The Morgan fingerprint density at radius 3 is 2.90 bits per heavy atom. The molecular weight excluding hydrogens is 262 g/mol. The molecule has 1 aromatic heterocycles. The highest BCUT2D eigenvalue weighted by Crippen LogP contribution is 2.39. The zero-order valence-electron chi connectivity index (χ0n) is 12.5. The maximum atomic E-state index is 12.8. The first-order valence-corrected chi connectivity index (χ1v) is 8.32. The van der Waals surface area contributed by atoms with Crippen LogP contribution in [0, 0.1) is 0 Å². The van der Waals surface area contributed by atoms with Crippen molar-refractivity contribution in [3.8, 4) is 0 Å². The van der Waals surface area contributed by atoms with Gasteiger partial charge < -0.3 is 9.80 Å². The van der Waals surface area contributed by atoms with E-state index in [1.807, 2.05) is 12.3 Å². The topological polar surface area (TPSA) is 36.4 Å². The number of rotatable bonds is 0. The SMILES string of the molecule is O=C(N1CCCCC1)N1CCC2CC1Cc1cccnc12. The molecule has 4 heteroatoms. The van der Waals surface area contributed by atoms with Crippen molar-refractivity contribution in [1.82, 2.24) is 14.8 Å². The first-order valence-electron chi connectivity index (χ1n) is 8.32. The van der Waals surface area contributed by atoms with Crippen LogP contribution in [0.1, 0.15) is 49.3 Å². The first kappa shape index (κ1) is 13.1. The van der Waals surface area contributed by atoms with Gasteiger partial charge in [-0.25, -0.2) is 4.79 Å². The molecule has 0 aromatic carbocycles. The Bertz CT molecular complexity index is 539. The first-order chi connectivity index (χ1) is 10.3. The smallest absolute Gasteiger partial charge is 0.320 e. The van der Waals surface area contributed by atoms with Gasteiger partial charge in [0.2, 0.25) is 0 Å². The monoisotopic (exact) mass is 285 g/mol. The van der Waals surface area contributed by atoms with Crippen molar-refractivity contribution in [2.24, 2.45) is 0 Å². The molecule has 2 aliphatic heterocycles. The fourth-order valence-corrected chi connectivity index (χ4v) is 4.26. The van der Waals surface area contributed by atoms with Gasteiger partial charge in [0.15, 0.2) is 0 Å². The van der Waals surface area contributed by atoms with E-state index in [-0.39, 0.29) is 6.03 Å². The predicted octanol–water partition coefficient (Wildman–Crippen LogP) is 2.79. The Hall–Kier alpha value is -1.58. The van der Waals surface area contributed by atoms with Crippen LogP contribution in [0.15, 0.2) is 18.3 Å². The summed E-state index contributed by atoms with van der Waals surface area (Å²) in [6.45, 7) is 2.80. The summed E-state index contributed by atoms with van der Waals surface area (Å²) < 4.78 is 0. The number of hydrogen-bond acceptors (Lipinski definition) is 2. The van der Waals surface area contributed by atoms with Gasteiger partial charge in [-0.3, -0.25) is 4.98 Å². The van der Waals surface area contributed by atoms with Gasteiger partial charge in [0.05, 0.1) is 0 Å². The molecule has 2 fully saturated rings. The van der Waals surface area contributed by atoms with Gasteiger partial charge in [-0.2, -0.15) is 0 Å². The van der Waals surface area contributed by atoms with Gasteiger partial charge in [-0.15, -0.1) is 0 Å². The minimum atomic E-state index is 0.283. The van der Waals surface area contributed by atoms with Crippen molar-refractivity contribution < 1.29 is 4.79 Å². The highest BCUT2D eigenvalue weighted by molar-refractivity contribution is 5.75. The summed E-state index contributed by atoms with van der Waals surface area (Å²) in [6, 6.07) is 4.88. The van der Waals surface area contributed by atoms with Gasteiger partial charge in [0, 0.05) is 43.5 Å². The lowest BCUT2D eigenvalue weighted by atomic mass is 9.78. The number of nitrogens with zero attached hydrogens (tertiary/aromatic N) is 3. The number of carbonyl (C=O) groups excluding carboxylic acids is 1. The van der Waals surface area contributed by atoms with Crippen molar-refractivity contribution in [2.45, 2.75) is 50.5 Å². The summed E-state index contributed by atoms with van der Waals surface area (Å²) in [7, 11) is 0. The Morgan fingerprint density at radius 1 is 1.19 bits per heavy atom. The van der Waals surface area contributed by atoms with Gasteiger partial charge in [0.25, 0.3) is 0 Å². The number of amides is 2. The van der Waals surface area contributed by atoms with Crippen LogP contribution in [0.4, 0.5) is 4.79 Å². The van der Waals surface area contributed by atoms with Crippen molar-refractivity contribution in [1.29, 1.82) is 0 Å². The van der Waals surface area contributed by atoms with Crippen molar-refractivity contribution in [3.05, 3.63) is 29.6 Å². The van der Waals surface area contributed by atoms with E-state index in [0.29, 0.717) is 12.0 Å². The maximum absolute atomic E-state index is 12.8. The van der Waals surface area contributed by atoms with Gasteiger partial charge in [-0.05, 0) is 50.2 Å². The van der Waals surface area contributed by atoms with Gasteiger partial charge >= 0.3 is 6.03 Å². The summed E-state index contributed by atoms with van der Waals surface area (Å²) in [6.07, 6.45) is 8.67. The minimum Gasteiger partial charge on any atom is -0.325 e. The zero-order valence-corrected chi connectivity index (χ0v) is 12.5. The van der Waals surface area contributed by atoms with E-state index in [4.69, 9.17) is 0 Å². The minimum absolute atomic E-state index is 0.283. The molecule has 1 aliphatic carbocycles. The molecule has 0 N–H and O–H groups in total. The third-order valence-corrected chi connectivity index (χ3v) is 5.36. The van der Waals surface area contributed by atoms with Gasteiger partial charge in [-0.1, -0.05) is 6.07 Å². The van der Waals surface area contributed by atoms with Crippen LogP contribution in [-0.4, -0.2) is 46.5 Å². The van der Waals surface area contributed by atoms with Crippen LogP contribution in [0.5, 0.6) is 0 Å². The Morgan fingerprint density at radius 2 is 2.05 bits per heavy atom. The summed E-state index contributed by atoms with van der Waals surface area (Å²) in [5, 5.41) is 0. The van der Waals surface area contributed by atoms with Crippen LogP contribution in [0.3, 0.4) is 0 Å². The molecular formula is C17H23N3O. The molecule has 0 saturated carbocycles. The molecule has 0 spiro atoms. The van der Waals surface area contributed by atoms with E-state index >= 15 is 0 Å². The van der Waals surface area contributed by atoms with E-state index in [1.54, 1.807) is 0 Å². The van der Waals surface area contributed by atoms with Crippen LogP contribution in [0.25, 0.3) is 0 Å². The van der Waals surface area contributed by atoms with E-state index in [1.165, 1.54) is 30.5 Å². The molecule has 1 aromatic rings. The predicted molar refractivity (Wildman–Crippen MR) is 81.2 cm³/mol. The fraction of sp³-hybridized carbons (Fsp3) is 0.647. The number of piperidine rings is 2. The van der Waals surface area contributed by atoms with E-state index < -0.39 is 0 Å². The molecule has 21 heavy (non-hydrogen) atoms. The molecule has 4 rings (SSSR count). The largest absolute Gasteiger partial charge is 0.325 e. The molecule has 3 aliphatic rings. The second-order valence-corrected chi connectivity index (χ2v) is 6.65. The molecule has 2 bridgehead atoms. The highest BCUT2D eigenvalue weighted by Gasteiger charge is 2.39. The molecule has 3 heterocycles. The Kier molecular flexibility index (Phi) is 3.32. The summed E-state index contributed by atoms with van der Waals surface area (Å²) in [4.78, 5) is 21.6. The molecule has 2 saturated heterocycles. The number of aromatic nitrogens is 1. The number of fused-ring (bicyclic) bond motifs is 4. The van der Waals surface area contributed by atoms with Crippen LogP contribution in [0.2, 0.25) is 0 Å². The fourth-order valence-electron chi connectivity index (χ4n) is 4.26. The quantitative estimate of drug-likeness (QED) is 0.735. The van der Waals surface area contributed by atoms with Crippen molar-refractivity contribution in [2.75, 3.05) is 19.6 Å². The molecule has 112 valence electrons. The molecule has 4 nitrogen and oxygen atoms in total. The standard InChI is InChI=1S/C17H23N3O/c21-17(19-8-2-1-3-9-19)20-10-6-14-12-15(20)11-13-5-4-7-18-16(13)14/h4-5,7,14-15H,1-3,6,8-12H2. The third-order valence-electron chi connectivity index (χ3n) is 5.36. The lowest BCUT2D eigenvalue weighted by Crippen LogP contribution is -2.54. The summed E-state index contributed by atoms with van der Waals surface area (Å²) in [5.41, 5.74) is 2.65. The molecule has 2 amide bonds. The van der Waals surface area contributed by atoms with Crippen LogP contribution in [-0.2, 0) is 6.42 Å². The van der Waals surface area contributed by atoms with Crippen molar-refractivity contribution >= 4 is 6.03 Å². The maximum Gasteiger partial charge on any atom is 0.320 e. The van der Waals surface area contributed by atoms with Crippen LogP contribution < -0.4 is 0 Å². The van der Waals surface area contributed by atoms with E-state index in [9.17, 15) is 4.79 Å². The lowest BCUT2D eigenvalue weighted by molar-refractivity contribution is 0.0979. The highest BCUT2D eigenvalue weighted by atomic mass is 16.2. The summed E-state index contributed by atoms with van der Waals surface area (Å²) >= 11 is 0. The molecule has 2 unspecified atom stereocenters. The number of urea groups is 1. The second-order valence-electron chi connectivity index (χ2n) is 6.65. The molecule has 2 atom stereocenters. The van der Waals surface area contributed by atoms with E-state index in [2.05, 4.69) is 20.9 Å². The third kappa shape index (κ3) is 2.30. The van der Waals surface area contributed by atoms with Crippen LogP contribution >= 0.6 is 0 Å². The average Bonchev–Trinajstić information content (AvgIpc) is 2.55. The number of pyridine rings is 1. The average molecular weight is 285 g/mol. The van der Waals surface area contributed by atoms with E-state index in [0.717, 1.165) is 38.9 Å². The molecule has 0 radical (unpaired) electrons. The lowest BCUT2D eigenvalue weighted by Gasteiger charge is -2.45. The number of carbonyl (C=O) groups is 1. The Balaban J connectivity index is 1.53. The second kappa shape index (κ2) is 5.32.